The van der Waals surface area contributed by atoms with Crippen LogP contribution in [0.15, 0.2) is 218 Å². The molecule has 0 aromatic heterocycles. The first-order chi connectivity index (χ1) is 33.0. The van der Waals surface area contributed by atoms with Gasteiger partial charge in [0.05, 0.1) is 34.1 Å². The molecule has 9 aromatic rings. The highest BCUT2D eigenvalue weighted by molar-refractivity contribution is 6.01. The molecule has 0 saturated heterocycles. The molecule has 0 unspecified atom stereocenters. The van der Waals surface area contributed by atoms with Crippen molar-refractivity contribution >= 4 is 45.5 Å². The molecule has 2 aliphatic rings. The number of nitrogens with zero attached hydrogens (tertiary/aromatic N) is 4. The zero-order valence-corrected chi connectivity index (χ0v) is 40.0. The molecular formula is C64H58N4. The SMILES string of the molecule is CC(C)(C)c1cc(-c2ccccc2)c(N2CN(c3cccc(N4CN(c5c(-c6ccccc6)cc(C(C)(C)C)cc5-c5ccccc5)c5ccccc54)c3)c3ccccc32)c(-c2ccccc2)c1. The third kappa shape index (κ3) is 7.80. The summed E-state index contributed by atoms with van der Waals surface area (Å²) in [6, 6.07) is 80.5. The van der Waals surface area contributed by atoms with Gasteiger partial charge in [0.2, 0.25) is 0 Å². The summed E-state index contributed by atoms with van der Waals surface area (Å²) in [6.45, 7) is 15.2. The summed E-state index contributed by atoms with van der Waals surface area (Å²) in [5.74, 6) is 0. The van der Waals surface area contributed by atoms with Gasteiger partial charge in [-0.25, -0.2) is 0 Å². The molecule has 2 heterocycles. The van der Waals surface area contributed by atoms with E-state index in [0.29, 0.717) is 13.3 Å². The minimum absolute atomic E-state index is 0.0488. The average molecular weight is 883 g/mol. The lowest BCUT2D eigenvalue weighted by atomic mass is 9.82. The van der Waals surface area contributed by atoms with Crippen LogP contribution in [0, 0.1) is 0 Å². The Morgan fingerprint density at radius 3 is 0.824 bits per heavy atom. The lowest BCUT2D eigenvalue weighted by Crippen LogP contribution is -2.27. The summed E-state index contributed by atoms with van der Waals surface area (Å²) in [5.41, 5.74) is 21.8. The molecule has 2 aliphatic heterocycles. The molecule has 68 heavy (non-hydrogen) atoms. The molecule has 0 saturated carbocycles. The van der Waals surface area contributed by atoms with Crippen LogP contribution in [0.3, 0.4) is 0 Å². The lowest BCUT2D eigenvalue weighted by molar-refractivity contribution is 0.590. The zero-order chi connectivity index (χ0) is 46.6. The van der Waals surface area contributed by atoms with Crippen LogP contribution in [0.5, 0.6) is 0 Å². The van der Waals surface area contributed by atoms with E-state index in [1.54, 1.807) is 0 Å². The topological polar surface area (TPSA) is 13.0 Å². The number of fused-ring (bicyclic) bond motifs is 2. The Bertz CT molecular complexity index is 2920. The van der Waals surface area contributed by atoms with Crippen molar-refractivity contribution < 1.29 is 0 Å². The van der Waals surface area contributed by atoms with Crippen LogP contribution in [0.4, 0.5) is 45.5 Å². The fraction of sp³-hybridized carbons (Fsp3) is 0.156. The highest BCUT2D eigenvalue weighted by Crippen LogP contribution is 2.54. The third-order valence-electron chi connectivity index (χ3n) is 13.8. The quantitative estimate of drug-likeness (QED) is 0.151. The Balaban J connectivity index is 1.03. The van der Waals surface area contributed by atoms with Gasteiger partial charge in [0.15, 0.2) is 0 Å². The molecule has 334 valence electrons. The number of hydrogen-bond donors (Lipinski definition) is 0. The zero-order valence-electron chi connectivity index (χ0n) is 40.0. The van der Waals surface area contributed by atoms with Crippen LogP contribution in [-0.4, -0.2) is 13.3 Å². The third-order valence-corrected chi connectivity index (χ3v) is 13.8. The molecule has 11 rings (SSSR count). The Morgan fingerprint density at radius 1 is 0.279 bits per heavy atom. The van der Waals surface area contributed by atoms with Gasteiger partial charge in [-0.1, -0.05) is 193 Å². The van der Waals surface area contributed by atoms with Crippen molar-refractivity contribution in [3.63, 3.8) is 0 Å². The van der Waals surface area contributed by atoms with E-state index in [-0.39, 0.29) is 10.8 Å². The fourth-order valence-corrected chi connectivity index (χ4v) is 10.1. The molecule has 0 bridgehead atoms. The van der Waals surface area contributed by atoms with E-state index in [1.807, 2.05) is 0 Å². The maximum absolute atomic E-state index is 2.55. The van der Waals surface area contributed by atoms with Crippen molar-refractivity contribution in [3.05, 3.63) is 230 Å². The lowest BCUT2D eigenvalue weighted by Gasteiger charge is -2.31. The predicted molar refractivity (Wildman–Crippen MR) is 290 cm³/mol. The first kappa shape index (κ1) is 42.8. The summed E-state index contributed by atoms with van der Waals surface area (Å²) in [4.78, 5) is 10.1. The molecule has 0 N–H and O–H groups in total. The molecule has 9 aromatic carbocycles. The van der Waals surface area contributed by atoms with Gasteiger partial charge < -0.3 is 19.6 Å². The number of para-hydroxylation sites is 4. The van der Waals surface area contributed by atoms with Crippen molar-refractivity contribution in [2.45, 2.75) is 52.4 Å². The molecule has 4 heteroatoms. The Morgan fingerprint density at radius 2 is 0.544 bits per heavy atom. The van der Waals surface area contributed by atoms with Crippen molar-refractivity contribution in [2.24, 2.45) is 0 Å². The van der Waals surface area contributed by atoms with Gasteiger partial charge >= 0.3 is 0 Å². The first-order valence-electron chi connectivity index (χ1n) is 24.0. The summed E-state index contributed by atoms with van der Waals surface area (Å²) in [5, 5.41) is 0. The van der Waals surface area contributed by atoms with Gasteiger partial charge in [-0.15, -0.1) is 0 Å². The van der Waals surface area contributed by atoms with Crippen LogP contribution in [0.25, 0.3) is 44.5 Å². The van der Waals surface area contributed by atoms with Crippen LogP contribution in [-0.2, 0) is 10.8 Å². The van der Waals surface area contributed by atoms with E-state index in [9.17, 15) is 0 Å². The van der Waals surface area contributed by atoms with Gasteiger partial charge in [-0.3, -0.25) is 0 Å². The molecule has 0 amide bonds. The first-order valence-corrected chi connectivity index (χ1v) is 24.0. The number of hydrogen-bond acceptors (Lipinski definition) is 4. The molecule has 4 nitrogen and oxygen atoms in total. The van der Waals surface area contributed by atoms with Crippen molar-refractivity contribution in [1.82, 2.24) is 0 Å². The second-order valence-corrected chi connectivity index (χ2v) is 20.3. The van der Waals surface area contributed by atoms with Gasteiger partial charge in [0, 0.05) is 33.6 Å². The molecule has 0 fully saturated rings. The monoisotopic (exact) mass is 882 g/mol. The summed E-state index contributed by atoms with van der Waals surface area (Å²) in [6.07, 6.45) is 0. The summed E-state index contributed by atoms with van der Waals surface area (Å²) >= 11 is 0. The molecular weight excluding hydrogens is 825 g/mol. The molecule has 0 aliphatic carbocycles. The second kappa shape index (κ2) is 17.1. The van der Waals surface area contributed by atoms with Crippen molar-refractivity contribution in [2.75, 3.05) is 32.9 Å². The normalized spacial score (nSPS) is 13.5. The molecule has 0 atom stereocenters. The maximum Gasteiger partial charge on any atom is 0.100 e. The summed E-state index contributed by atoms with van der Waals surface area (Å²) < 4.78 is 0. The fourth-order valence-electron chi connectivity index (χ4n) is 10.1. The van der Waals surface area contributed by atoms with Gasteiger partial charge in [-0.05, 0) is 111 Å². The number of benzene rings is 9. The second-order valence-electron chi connectivity index (χ2n) is 20.3. The van der Waals surface area contributed by atoms with Gasteiger partial charge in [0.25, 0.3) is 0 Å². The molecule has 0 spiro atoms. The van der Waals surface area contributed by atoms with E-state index in [2.05, 4.69) is 280 Å². The standard InChI is InChI=1S/C64H58N4/c1-63(2,3)49-38-53(45-24-11-7-12-25-45)61(54(39-49)46-26-13-8-14-27-46)67-43-65(57-34-19-21-36-59(57)67)51-32-23-33-52(42-51)66-44-68(60-37-22-20-35-58(60)66)62-55(47-28-15-9-16-29-47)40-50(64(4,5)6)41-56(62)48-30-17-10-18-31-48/h7-42H,43-44H2,1-6H3. The van der Waals surface area contributed by atoms with Crippen molar-refractivity contribution in [1.29, 1.82) is 0 Å². The van der Waals surface area contributed by atoms with E-state index in [4.69, 9.17) is 0 Å². The minimum atomic E-state index is -0.0488. The number of anilines is 8. The smallest absolute Gasteiger partial charge is 0.100 e. The Hall–Kier alpha value is -7.82. The highest BCUT2D eigenvalue weighted by atomic mass is 15.4. The Labute approximate surface area is 403 Å². The van der Waals surface area contributed by atoms with Crippen molar-refractivity contribution in [3.8, 4) is 44.5 Å². The van der Waals surface area contributed by atoms with Crippen LogP contribution in [0.2, 0.25) is 0 Å². The average Bonchev–Trinajstić information content (AvgIpc) is 3.95. The van der Waals surface area contributed by atoms with Crippen LogP contribution < -0.4 is 19.6 Å². The summed E-state index contributed by atoms with van der Waals surface area (Å²) in [7, 11) is 0. The van der Waals surface area contributed by atoms with Crippen LogP contribution in [0.1, 0.15) is 52.7 Å². The van der Waals surface area contributed by atoms with E-state index in [0.717, 1.165) is 11.4 Å². The maximum atomic E-state index is 2.55. The largest absolute Gasteiger partial charge is 0.321 e. The Kier molecular flexibility index (Phi) is 10.8. The minimum Gasteiger partial charge on any atom is -0.321 e. The predicted octanol–water partition coefficient (Wildman–Crippen LogP) is 17.4. The molecule has 0 radical (unpaired) electrons. The highest BCUT2D eigenvalue weighted by Gasteiger charge is 2.35. The van der Waals surface area contributed by atoms with Gasteiger partial charge in [-0.2, -0.15) is 0 Å². The van der Waals surface area contributed by atoms with Crippen LogP contribution >= 0.6 is 0 Å². The van der Waals surface area contributed by atoms with E-state index < -0.39 is 0 Å². The van der Waals surface area contributed by atoms with E-state index in [1.165, 1.54) is 89.8 Å². The van der Waals surface area contributed by atoms with Gasteiger partial charge in [0.1, 0.15) is 13.3 Å². The van der Waals surface area contributed by atoms with E-state index >= 15 is 0 Å². The number of rotatable bonds is 8.